The van der Waals surface area contributed by atoms with Gasteiger partial charge in [-0.25, -0.2) is 0 Å². The summed E-state index contributed by atoms with van der Waals surface area (Å²) in [6.07, 6.45) is 3.20. The molecule has 0 fully saturated rings. The van der Waals surface area contributed by atoms with Crippen molar-refractivity contribution in [2.45, 2.75) is 58.5 Å². The molecule has 0 rings (SSSR count). The van der Waals surface area contributed by atoms with E-state index >= 15 is 0 Å². The molecule has 164 valence electrons. The first-order valence-corrected chi connectivity index (χ1v) is 10.0. The van der Waals surface area contributed by atoms with E-state index in [4.69, 9.17) is 4.74 Å². The summed E-state index contributed by atoms with van der Waals surface area (Å²) in [7, 11) is 1.48. The summed E-state index contributed by atoms with van der Waals surface area (Å²) in [5.41, 5.74) is 0. The minimum atomic E-state index is -0.713. The lowest BCUT2D eigenvalue weighted by atomic mass is 10.0. The van der Waals surface area contributed by atoms with Crippen LogP contribution in [0.2, 0.25) is 0 Å². The minimum Gasteiger partial charge on any atom is -0.394 e. The molecule has 0 radical (unpaired) electrons. The zero-order chi connectivity index (χ0) is 21.4. The van der Waals surface area contributed by atoms with Crippen molar-refractivity contribution in [3.63, 3.8) is 0 Å². The van der Waals surface area contributed by atoms with Crippen LogP contribution in [0.15, 0.2) is 0 Å². The molecule has 0 bridgehead atoms. The molecule has 2 unspecified atom stereocenters. The standard InChI is InChI=1S/C19H38N4O5/c1-5-9-21-10-7-6-8-15(19(27)23-16(11-24)14(2)3)22-18(26)13-28-12-17(25)20-4/h14-16,21,24H,5-13H2,1-4H3,(H,20,25)(H,22,26)(H,23,27). The van der Waals surface area contributed by atoms with E-state index < -0.39 is 11.9 Å². The molecule has 0 saturated carbocycles. The summed E-state index contributed by atoms with van der Waals surface area (Å²) in [6, 6.07) is -1.09. The fourth-order valence-electron chi connectivity index (χ4n) is 2.42. The number of rotatable bonds is 16. The van der Waals surface area contributed by atoms with Gasteiger partial charge in [0.25, 0.3) is 0 Å². The molecular formula is C19H38N4O5. The molecule has 0 spiro atoms. The number of hydrogen-bond donors (Lipinski definition) is 5. The third kappa shape index (κ3) is 12.6. The van der Waals surface area contributed by atoms with Crippen LogP contribution < -0.4 is 21.3 Å². The first-order chi connectivity index (χ1) is 13.3. The molecule has 0 saturated heterocycles. The average molecular weight is 403 g/mol. The van der Waals surface area contributed by atoms with Gasteiger partial charge in [-0.3, -0.25) is 14.4 Å². The molecule has 0 aromatic rings. The van der Waals surface area contributed by atoms with E-state index in [0.717, 1.165) is 32.4 Å². The van der Waals surface area contributed by atoms with Crippen LogP contribution in [0.25, 0.3) is 0 Å². The lowest BCUT2D eigenvalue weighted by Crippen LogP contribution is -2.52. The number of nitrogens with one attached hydrogen (secondary N) is 4. The van der Waals surface area contributed by atoms with E-state index in [1.807, 2.05) is 13.8 Å². The Morgan fingerprint density at radius 3 is 2.25 bits per heavy atom. The number of unbranched alkanes of at least 4 members (excludes halogenated alkanes) is 1. The first kappa shape index (κ1) is 26.3. The molecule has 0 aromatic heterocycles. The van der Waals surface area contributed by atoms with Gasteiger partial charge in [0.1, 0.15) is 19.3 Å². The van der Waals surface area contributed by atoms with E-state index in [-0.39, 0.29) is 43.6 Å². The largest absolute Gasteiger partial charge is 0.394 e. The van der Waals surface area contributed by atoms with Crippen molar-refractivity contribution in [3.05, 3.63) is 0 Å². The maximum absolute atomic E-state index is 12.6. The van der Waals surface area contributed by atoms with Crippen molar-refractivity contribution in [3.8, 4) is 0 Å². The van der Waals surface area contributed by atoms with E-state index in [2.05, 4.69) is 28.2 Å². The Morgan fingerprint density at radius 2 is 1.68 bits per heavy atom. The van der Waals surface area contributed by atoms with Gasteiger partial charge in [0.2, 0.25) is 17.7 Å². The SMILES string of the molecule is CCCNCCCCC(NC(=O)COCC(=O)NC)C(=O)NC(CO)C(C)C. The Morgan fingerprint density at radius 1 is 1.00 bits per heavy atom. The lowest BCUT2D eigenvalue weighted by Gasteiger charge is -2.24. The number of hydrogen-bond acceptors (Lipinski definition) is 6. The number of amides is 3. The van der Waals surface area contributed by atoms with E-state index in [0.29, 0.717) is 6.42 Å². The summed E-state index contributed by atoms with van der Waals surface area (Å²) in [5.74, 6) is -1.05. The minimum absolute atomic E-state index is 0.0689. The van der Waals surface area contributed by atoms with Crippen LogP contribution in [0.4, 0.5) is 0 Å². The quantitative estimate of drug-likeness (QED) is 0.222. The Kier molecular flexibility index (Phi) is 15.3. The Labute approximate surface area is 168 Å². The number of likely N-dealkylation sites (N-methyl/N-ethyl adjacent to an activating group) is 1. The summed E-state index contributed by atoms with van der Waals surface area (Å²) in [4.78, 5) is 35.8. The molecule has 9 nitrogen and oxygen atoms in total. The van der Waals surface area contributed by atoms with Gasteiger partial charge < -0.3 is 31.1 Å². The zero-order valence-electron chi connectivity index (χ0n) is 17.7. The first-order valence-electron chi connectivity index (χ1n) is 10.0. The van der Waals surface area contributed by atoms with Crippen molar-refractivity contribution in [2.75, 3.05) is 40.0 Å². The van der Waals surface area contributed by atoms with E-state index in [9.17, 15) is 19.5 Å². The van der Waals surface area contributed by atoms with Gasteiger partial charge >= 0.3 is 0 Å². The van der Waals surface area contributed by atoms with Gasteiger partial charge in [0.05, 0.1) is 12.6 Å². The average Bonchev–Trinajstić information content (AvgIpc) is 2.66. The molecule has 2 atom stereocenters. The predicted octanol–water partition coefficient (Wildman–Crippen LogP) is -0.463. The third-order valence-electron chi connectivity index (χ3n) is 4.25. The van der Waals surface area contributed by atoms with Crippen molar-refractivity contribution < 1.29 is 24.2 Å². The number of aliphatic hydroxyl groups is 1. The van der Waals surface area contributed by atoms with Crippen LogP contribution in [0.3, 0.4) is 0 Å². The zero-order valence-corrected chi connectivity index (χ0v) is 17.7. The molecule has 0 aliphatic carbocycles. The topological polar surface area (TPSA) is 129 Å². The maximum Gasteiger partial charge on any atom is 0.246 e. The fourth-order valence-corrected chi connectivity index (χ4v) is 2.42. The monoisotopic (exact) mass is 402 g/mol. The van der Waals surface area contributed by atoms with Gasteiger partial charge in [-0.1, -0.05) is 20.8 Å². The lowest BCUT2D eigenvalue weighted by molar-refractivity contribution is -0.134. The molecule has 5 N–H and O–H groups in total. The van der Waals surface area contributed by atoms with Crippen LogP contribution in [-0.2, 0) is 19.1 Å². The number of ether oxygens (including phenoxy) is 1. The smallest absolute Gasteiger partial charge is 0.246 e. The predicted molar refractivity (Wildman–Crippen MR) is 108 cm³/mol. The number of carbonyl (C=O) groups excluding carboxylic acids is 3. The Hall–Kier alpha value is -1.71. The maximum atomic E-state index is 12.6. The van der Waals surface area contributed by atoms with Crippen molar-refractivity contribution >= 4 is 17.7 Å². The molecule has 0 aliphatic rings. The number of aliphatic hydroxyl groups excluding tert-OH is 1. The van der Waals surface area contributed by atoms with Crippen LogP contribution in [0.1, 0.15) is 46.5 Å². The second kappa shape index (κ2) is 16.3. The van der Waals surface area contributed by atoms with Crippen LogP contribution in [-0.4, -0.2) is 74.9 Å². The molecular weight excluding hydrogens is 364 g/mol. The van der Waals surface area contributed by atoms with Crippen LogP contribution in [0.5, 0.6) is 0 Å². The third-order valence-corrected chi connectivity index (χ3v) is 4.25. The fraction of sp³-hybridized carbons (Fsp3) is 0.842. The van der Waals surface area contributed by atoms with Gasteiger partial charge in [0.15, 0.2) is 0 Å². The van der Waals surface area contributed by atoms with Crippen molar-refractivity contribution in [1.82, 2.24) is 21.3 Å². The molecule has 0 aliphatic heterocycles. The highest BCUT2D eigenvalue weighted by atomic mass is 16.5. The van der Waals surface area contributed by atoms with Gasteiger partial charge in [0, 0.05) is 7.05 Å². The Bertz CT molecular complexity index is 460. The van der Waals surface area contributed by atoms with E-state index in [1.54, 1.807) is 0 Å². The molecule has 0 aromatic carbocycles. The molecule has 3 amide bonds. The summed E-state index contributed by atoms with van der Waals surface area (Å²) >= 11 is 0. The van der Waals surface area contributed by atoms with Crippen LogP contribution in [0, 0.1) is 5.92 Å². The molecule has 28 heavy (non-hydrogen) atoms. The van der Waals surface area contributed by atoms with Gasteiger partial charge in [-0.2, -0.15) is 0 Å². The van der Waals surface area contributed by atoms with Gasteiger partial charge in [-0.15, -0.1) is 0 Å². The summed E-state index contributed by atoms with van der Waals surface area (Å²) < 4.78 is 5.03. The molecule has 9 heteroatoms. The van der Waals surface area contributed by atoms with Gasteiger partial charge in [-0.05, 0) is 44.7 Å². The normalized spacial score (nSPS) is 13.1. The highest BCUT2D eigenvalue weighted by Crippen LogP contribution is 2.05. The summed E-state index contributed by atoms with van der Waals surface area (Å²) in [6.45, 7) is 7.03. The van der Waals surface area contributed by atoms with Crippen molar-refractivity contribution in [1.29, 1.82) is 0 Å². The number of carbonyl (C=O) groups is 3. The van der Waals surface area contributed by atoms with Crippen LogP contribution >= 0.6 is 0 Å². The summed E-state index contributed by atoms with van der Waals surface area (Å²) in [5, 5.41) is 20.6. The highest BCUT2D eigenvalue weighted by Gasteiger charge is 2.24. The second-order valence-electron chi connectivity index (χ2n) is 7.07. The molecule has 0 heterocycles. The second-order valence-corrected chi connectivity index (χ2v) is 7.07. The highest BCUT2D eigenvalue weighted by molar-refractivity contribution is 5.88. The van der Waals surface area contributed by atoms with E-state index in [1.165, 1.54) is 7.05 Å². The van der Waals surface area contributed by atoms with Crippen molar-refractivity contribution in [2.24, 2.45) is 5.92 Å². The Balaban J connectivity index is 4.62.